The number of carbonyl (C=O) groups excluding carboxylic acids is 1. The zero-order valence-corrected chi connectivity index (χ0v) is 17.4. The highest BCUT2D eigenvalue weighted by atomic mass is 79.9. The lowest BCUT2D eigenvalue weighted by molar-refractivity contribution is 0.101. The van der Waals surface area contributed by atoms with Gasteiger partial charge in [0.1, 0.15) is 11.3 Å². The zero-order chi connectivity index (χ0) is 18.3. The lowest BCUT2D eigenvalue weighted by Gasteiger charge is -2.00. The first-order valence-corrected chi connectivity index (χ1v) is 10.0. The number of hydrogen-bond donors (Lipinski definition) is 0. The molecular weight excluding hydrogens is 482 g/mol. The molecule has 4 rings (SSSR count). The highest BCUT2D eigenvalue weighted by Gasteiger charge is 2.20. The average molecular weight is 493 g/mol. The molecule has 4 nitrogen and oxygen atoms in total. The summed E-state index contributed by atoms with van der Waals surface area (Å²) in [6.45, 7) is 0. The highest BCUT2D eigenvalue weighted by molar-refractivity contribution is 9.11. The Balaban J connectivity index is 1.66. The van der Waals surface area contributed by atoms with E-state index in [9.17, 15) is 4.79 Å². The van der Waals surface area contributed by atoms with Crippen LogP contribution in [0.25, 0.3) is 22.2 Å². The number of methoxy groups -OCH3 is 1. The molecule has 0 amide bonds. The largest absolute Gasteiger partial charge is 0.497 e. The molecule has 0 spiro atoms. The summed E-state index contributed by atoms with van der Waals surface area (Å²) in [5.41, 5.74) is 2.32. The molecule has 0 N–H and O–H groups in total. The van der Waals surface area contributed by atoms with Crippen molar-refractivity contribution in [3.8, 4) is 17.0 Å². The van der Waals surface area contributed by atoms with Gasteiger partial charge in [0.05, 0.1) is 17.3 Å². The molecule has 2 aromatic carbocycles. The number of nitrogens with zero attached hydrogens (tertiary/aromatic N) is 1. The topological polar surface area (TPSA) is 52.3 Å². The van der Waals surface area contributed by atoms with E-state index in [1.165, 1.54) is 11.3 Å². The third-order valence-corrected chi connectivity index (χ3v) is 5.73. The van der Waals surface area contributed by atoms with E-state index in [4.69, 9.17) is 9.15 Å². The first kappa shape index (κ1) is 17.5. The van der Waals surface area contributed by atoms with Gasteiger partial charge in [-0.3, -0.25) is 4.79 Å². The van der Waals surface area contributed by atoms with Gasteiger partial charge in [0.25, 0.3) is 5.78 Å². The third kappa shape index (κ3) is 3.22. The smallest absolute Gasteiger partial charge is 0.256 e. The van der Waals surface area contributed by atoms with E-state index in [0.29, 0.717) is 10.6 Å². The van der Waals surface area contributed by atoms with Crippen LogP contribution in [-0.2, 0) is 0 Å². The zero-order valence-electron chi connectivity index (χ0n) is 13.5. The number of carbonyl (C=O) groups is 1. The van der Waals surface area contributed by atoms with Gasteiger partial charge < -0.3 is 9.15 Å². The van der Waals surface area contributed by atoms with Crippen molar-refractivity contribution in [2.24, 2.45) is 0 Å². The van der Waals surface area contributed by atoms with Gasteiger partial charge in [0.15, 0.2) is 10.8 Å². The second-order valence-electron chi connectivity index (χ2n) is 5.51. The van der Waals surface area contributed by atoms with Crippen LogP contribution >= 0.6 is 43.2 Å². The van der Waals surface area contributed by atoms with Crippen molar-refractivity contribution >= 4 is 59.9 Å². The molecule has 2 heterocycles. The van der Waals surface area contributed by atoms with Crippen molar-refractivity contribution in [1.82, 2.24) is 4.98 Å². The molecule has 0 radical (unpaired) electrons. The van der Waals surface area contributed by atoms with Gasteiger partial charge in [0.2, 0.25) is 0 Å². The van der Waals surface area contributed by atoms with Gasteiger partial charge in [-0.15, -0.1) is 11.3 Å². The summed E-state index contributed by atoms with van der Waals surface area (Å²) < 4.78 is 12.6. The maximum absolute atomic E-state index is 12.8. The standard InChI is InChI=1S/C19H11Br2NO3S/c1-24-13-4-2-10(3-5-13)15-9-26-19(22-15)17(23)16-7-11-6-12(20)8-14(21)18(11)25-16/h2-9H,1H3. The Bertz CT molecular complexity index is 1120. The van der Waals surface area contributed by atoms with Crippen LogP contribution in [0.2, 0.25) is 0 Å². The number of halogens is 2. The van der Waals surface area contributed by atoms with E-state index in [0.717, 1.165) is 31.3 Å². The number of fused-ring (bicyclic) bond motifs is 1. The van der Waals surface area contributed by atoms with E-state index < -0.39 is 0 Å². The number of rotatable bonds is 4. The fourth-order valence-electron chi connectivity index (χ4n) is 2.57. The molecule has 0 fully saturated rings. The van der Waals surface area contributed by atoms with E-state index in [2.05, 4.69) is 36.8 Å². The lowest BCUT2D eigenvalue weighted by Crippen LogP contribution is -1.98. The third-order valence-electron chi connectivity index (χ3n) is 3.84. The van der Waals surface area contributed by atoms with Crippen LogP contribution in [0, 0.1) is 0 Å². The van der Waals surface area contributed by atoms with Crippen molar-refractivity contribution in [3.63, 3.8) is 0 Å². The minimum atomic E-state index is -0.228. The van der Waals surface area contributed by atoms with Crippen LogP contribution in [0.3, 0.4) is 0 Å². The van der Waals surface area contributed by atoms with Gasteiger partial charge in [-0.25, -0.2) is 4.98 Å². The molecule has 0 bridgehead atoms. The Morgan fingerprint density at radius 3 is 2.65 bits per heavy atom. The number of ether oxygens (including phenoxy) is 1. The normalized spacial score (nSPS) is 11.0. The maximum Gasteiger partial charge on any atom is 0.256 e. The molecule has 0 atom stereocenters. The summed E-state index contributed by atoms with van der Waals surface area (Å²) >= 11 is 8.19. The van der Waals surface area contributed by atoms with E-state index in [-0.39, 0.29) is 11.5 Å². The second kappa shape index (κ2) is 6.98. The van der Waals surface area contributed by atoms with Crippen molar-refractivity contribution in [1.29, 1.82) is 0 Å². The van der Waals surface area contributed by atoms with Crippen LogP contribution < -0.4 is 4.74 Å². The molecule has 0 aliphatic heterocycles. The fourth-order valence-corrected chi connectivity index (χ4v) is 4.68. The van der Waals surface area contributed by atoms with Gasteiger partial charge in [-0.1, -0.05) is 15.9 Å². The van der Waals surface area contributed by atoms with Crippen LogP contribution in [0.1, 0.15) is 15.6 Å². The molecule has 0 aliphatic rings. The van der Waals surface area contributed by atoms with Crippen molar-refractivity contribution < 1.29 is 13.9 Å². The SMILES string of the molecule is COc1ccc(-c2csc(C(=O)c3cc4cc(Br)cc(Br)c4o3)n2)cc1. The number of hydrogen-bond acceptors (Lipinski definition) is 5. The Morgan fingerprint density at radius 2 is 1.92 bits per heavy atom. The Morgan fingerprint density at radius 1 is 1.15 bits per heavy atom. The number of thiazole rings is 1. The van der Waals surface area contributed by atoms with Crippen LogP contribution in [0.5, 0.6) is 5.75 Å². The van der Waals surface area contributed by atoms with Crippen LogP contribution in [-0.4, -0.2) is 17.9 Å². The number of aromatic nitrogens is 1. The summed E-state index contributed by atoms with van der Waals surface area (Å²) in [6, 6.07) is 13.1. The van der Waals surface area contributed by atoms with Gasteiger partial charge in [-0.2, -0.15) is 0 Å². The second-order valence-corrected chi connectivity index (χ2v) is 8.14. The molecule has 0 aliphatic carbocycles. The highest BCUT2D eigenvalue weighted by Crippen LogP contribution is 2.32. The molecule has 0 saturated heterocycles. The first-order valence-electron chi connectivity index (χ1n) is 7.58. The fraction of sp³-hybridized carbons (Fsp3) is 0.0526. The Hall–Kier alpha value is -1.96. The molecule has 130 valence electrons. The maximum atomic E-state index is 12.8. The minimum absolute atomic E-state index is 0.228. The van der Waals surface area contributed by atoms with Gasteiger partial charge >= 0.3 is 0 Å². The number of benzene rings is 2. The summed E-state index contributed by atoms with van der Waals surface area (Å²) in [5.74, 6) is 0.822. The van der Waals surface area contributed by atoms with E-state index in [1.807, 2.05) is 41.8 Å². The number of furan rings is 1. The van der Waals surface area contributed by atoms with Crippen molar-refractivity contribution in [2.45, 2.75) is 0 Å². The first-order chi connectivity index (χ1) is 12.5. The van der Waals surface area contributed by atoms with Gasteiger partial charge in [-0.05, 0) is 58.4 Å². The molecule has 0 saturated carbocycles. The predicted octanol–water partition coefficient (Wildman–Crippen LogP) is 6.32. The van der Waals surface area contributed by atoms with E-state index >= 15 is 0 Å². The summed E-state index contributed by atoms with van der Waals surface area (Å²) in [4.78, 5) is 17.2. The van der Waals surface area contributed by atoms with E-state index in [1.54, 1.807) is 13.2 Å². The van der Waals surface area contributed by atoms with Crippen molar-refractivity contribution in [2.75, 3.05) is 7.11 Å². The quantitative estimate of drug-likeness (QED) is 0.313. The Kier molecular flexibility index (Phi) is 4.69. The summed E-state index contributed by atoms with van der Waals surface area (Å²) in [5, 5.41) is 3.11. The lowest BCUT2D eigenvalue weighted by atomic mass is 10.2. The molecule has 7 heteroatoms. The summed E-state index contributed by atoms with van der Waals surface area (Å²) in [6.07, 6.45) is 0. The monoisotopic (exact) mass is 491 g/mol. The number of ketones is 1. The van der Waals surface area contributed by atoms with Gasteiger partial charge in [0, 0.05) is 20.8 Å². The van der Waals surface area contributed by atoms with Crippen LogP contribution in [0.15, 0.2) is 61.2 Å². The molecule has 26 heavy (non-hydrogen) atoms. The molecule has 0 unspecified atom stereocenters. The summed E-state index contributed by atoms with van der Waals surface area (Å²) in [7, 11) is 1.62. The molecule has 4 aromatic rings. The Labute approximate surface area is 170 Å². The molecule has 2 aromatic heterocycles. The minimum Gasteiger partial charge on any atom is -0.497 e. The van der Waals surface area contributed by atoms with Crippen LogP contribution in [0.4, 0.5) is 0 Å². The average Bonchev–Trinajstić information content (AvgIpc) is 3.28. The molecular formula is C19H11Br2NO3S. The van der Waals surface area contributed by atoms with Crippen molar-refractivity contribution in [3.05, 3.63) is 67.6 Å². The predicted molar refractivity (Wildman–Crippen MR) is 109 cm³/mol.